The van der Waals surface area contributed by atoms with E-state index in [1.807, 2.05) is 63.2 Å². The van der Waals surface area contributed by atoms with Gasteiger partial charge < -0.3 is 9.73 Å². The highest BCUT2D eigenvalue weighted by Crippen LogP contribution is 2.21. The molecule has 0 saturated carbocycles. The second-order valence-electron chi connectivity index (χ2n) is 6.85. The quantitative estimate of drug-likeness (QED) is 0.575. The lowest BCUT2D eigenvalue weighted by Crippen LogP contribution is -2.25. The van der Waals surface area contributed by atoms with Gasteiger partial charge in [0.1, 0.15) is 5.76 Å². The Morgan fingerprint density at radius 3 is 2.68 bits per heavy atom. The van der Waals surface area contributed by atoms with Gasteiger partial charge in [0.05, 0.1) is 23.0 Å². The molecule has 0 aliphatic rings. The minimum atomic E-state index is -0.136. The monoisotopic (exact) mass is 374 g/mol. The third-order valence-corrected chi connectivity index (χ3v) is 4.99. The van der Waals surface area contributed by atoms with Crippen molar-refractivity contribution in [2.45, 2.75) is 27.2 Å². The number of pyridine rings is 1. The van der Waals surface area contributed by atoms with E-state index in [9.17, 15) is 4.79 Å². The van der Waals surface area contributed by atoms with Crippen LogP contribution < -0.4 is 5.32 Å². The van der Waals surface area contributed by atoms with Gasteiger partial charge in [0.2, 0.25) is 5.89 Å². The van der Waals surface area contributed by atoms with E-state index in [-0.39, 0.29) is 5.91 Å². The summed E-state index contributed by atoms with van der Waals surface area (Å²) in [6.07, 6.45) is 2.22. The van der Waals surface area contributed by atoms with Crippen molar-refractivity contribution in [3.8, 4) is 11.5 Å². The Balaban J connectivity index is 1.44. The van der Waals surface area contributed by atoms with Gasteiger partial charge in [-0.05, 0) is 44.5 Å². The van der Waals surface area contributed by atoms with Crippen molar-refractivity contribution < 1.29 is 9.21 Å². The Bertz CT molecular complexity index is 1140. The van der Waals surface area contributed by atoms with Crippen LogP contribution in [0, 0.1) is 20.8 Å². The maximum atomic E-state index is 12.6. The van der Waals surface area contributed by atoms with Crippen LogP contribution in [0.15, 0.2) is 53.1 Å². The molecule has 1 amide bonds. The fraction of sp³-hybridized carbons (Fsp3) is 0.227. The van der Waals surface area contributed by atoms with Gasteiger partial charge in [0.25, 0.3) is 5.91 Å². The summed E-state index contributed by atoms with van der Waals surface area (Å²) in [5, 5.41) is 7.31. The SMILES string of the molecule is Cc1ccc2c(C(=O)NCCc3nc(-c4ccccc4)oc3C)cnn2c1C. The van der Waals surface area contributed by atoms with Gasteiger partial charge in [-0.25, -0.2) is 9.50 Å². The van der Waals surface area contributed by atoms with Crippen molar-refractivity contribution in [2.24, 2.45) is 0 Å². The smallest absolute Gasteiger partial charge is 0.255 e. The first-order valence-electron chi connectivity index (χ1n) is 9.28. The second-order valence-corrected chi connectivity index (χ2v) is 6.85. The molecule has 1 N–H and O–H groups in total. The van der Waals surface area contributed by atoms with E-state index < -0.39 is 0 Å². The molecule has 0 fully saturated rings. The average Bonchev–Trinajstić information content (AvgIpc) is 3.30. The molecule has 0 saturated heterocycles. The summed E-state index contributed by atoms with van der Waals surface area (Å²) in [6, 6.07) is 13.7. The van der Waals surface area contributed by atoms with E-state index in [0.717, 1.165) is 33.8 Å². The van der Waals surface area contributed by atoms with E-state index in [1.165, 1.54) is 0 Å². The summed E-state index contributed by atoms with van der Waals surface area (Å²) in [4.78, 5) is 17.2. The van der Waals surface area contributed by atoms with Crippen LogP contribution in [-0.2, 0) is 6.42 Å². The minimum absolute atomic E-state index is 0.136. The van der Waals surface area contributed by atoms with Crippen LogP contribution in [-0.4, -0.2) is 27.0 Å². The van der Waals surface area contributed by atoms with Crippen molar-refractivity contribution in [1.29, 1.82) is 0 Å². The molecule has 0 bridgehead atoms. The third-order valence-electron chi connectivity index (χ3n) is 4.99. The lowest BCUT2D eigenvalue weighted by Gasteiger charge is -2.05. The highest BCUT2D eigenvalue weighted by atomic mass is 16.4. The van der Waals surface area contributed by atoms with Crippen LogP contribution in [0.1, 0.15) is 33.1 Å². The molecular formula is C22H22N4O2. The number of rotatable bonds is 5. The summed E-state index contributed by atoms with van der Waals surface area (Å²) in [7, 11) is 0. The van der Waals surface area contributed by atoms with Crippen molar-refractivity contribution in [2.75, 3.05) is 6.54 Å². The number of aromatic nitrogens is 3. The number of carbonyl (C=O) groups excluding carboxylic acids is 1. The number of oxazole rings is 1. The van der Waals surface area contributed by atoms with E-state index in [0.29, 0.717) is 24.4 Å². The number of hydrogen-bond acceptors (Lipinski definition) is 4. The Morgan fingerprint density at radius 2 is 1.89 bits per heavy atom. The molecule has 0 aliphatic heterocycles. The minimum Gasteiger partial charge on any atom is -0.441 e. The molecule has 28 heavy (non-hydrogen) atoms. The van der Waals surface area contributed by atoms with Crippen molar-refractivity contribution in [3.63, 3.8) is 0 Å². The summed E-state index contributed by atoms with van der Waals surface area (Å²) in [5.41, 5.74) is 5.35. The Hall–Kier alpha value is -3.41. The van der Waals surface area contributed by atoms with Crippen LogP contribution in [0.4, 0.5) is 0 Å². The lowest BCUT2D eigenvalue weighted by atomic mass is 10.2. The van der Waals surface area contributed by atoms with Crippen molar-refractivity contribution >= 4 is 11.4 Å². The lowest BCUT2D eigenvalue weighted by molar-refractivity contribution is 0.0955. The maximum Gasteiger partial charge on any atom is 0.255 e. The molecule has 6 nitrogen and oxygen atoms in total. The van der Waals surface area contributed by atoms with Crippen LogP contribution in [0.2, 0.25) is 0 Å². The zero-order valence-electron chi connectivity index (χ0n) is 16.2. The molecule has 4 aromatic rings. The predicted octanol–water partition coefficient (Wildman–Crippen LogP) is 3.89. The van der Waals surface area contributed by atoms with Gasteiger partial charge in [0, 0.05) is 24.2 Å². The van der Waals surface area contributed by atoms with Gasteiger partial charge in [-0.15, -0.1) is 0 Å². The molecule has 3 aromatic heterocycles. The number of nitrogens with zero attached hydrogens (tertiary/aromatic N) is 3. The number of benzene rings is 1. The summed E-state index contributed by atoms with van der Waals surface area (Å²) in [5.74, 6) is 1.24. The van der Waals surface area contributed by atoms with Crippen molar-refractivity contribution in [3.05, 3.63) is 76.9 Å². The summed E-state index contributed by atoms with van der Waals surface area (Å²) in [6.45, 7) is 6.39. The fourth-order valence-corrected chi connectivity index (χ4v) is 3.21. The first-order valence-corrected chi connectivity index (χ1v) is 9.28. The van der Waals surface area contributed by atoms with Gasteiger partial charge in [-0.3, -0.25) is 4.79 Å². The summed E-state index contributed by atoms with van der Waals surface area (Å²) < 4.78 is 7.58. The van der Waals surface area contributed by atoms with Crippen LogP contribution in [0.25, 0.3) is 17.0 Å². The van der Waals surface area contributed by atoms with Gasteiger partial charge in [0.15, 0.2) is 0 Å². The van der Waals surface area contributed by atoms with E-state index in [1.54, 1.807) is 10.7 Å². The maximum absolute atomic E-state index is 12.6. The highest BCUT2D eigenvalue weighted by molar-refractivity contribution is 6.00. The normalized spacial score (nSPS) is 11.1. The van der Waals surface area contributed by atoms with E-state index >= 15 is 0 Å². The van der Waals surface area contributed by atoms with Crippen LogP contribution in [0.3, 0.4) is 0 Å². The zero-order valence-corrected chi connectivity index (χ0v) is 16.2. The first-order chi connectivity index (χ1) is 13.5. The Morgan fingerprint density at radius 1 is 1.11 bits per heavy atom. The highest BCUT2D eigenvalue weighted by Gasteiger charge is 2.15. The van der Waals surface area contributed by atoms with E-state index in [4.69, 9.17) is 4.42 Å². The number of hydrogen-bond donors (Lipinski definition) is 1. The molecule has 142 valence electrons. The van der Waals surface area contributed by atoms with Crippen LogP contribution >= 0.6 is 0 Å². The molecule has 0 radical (unpaired) electrons. The second kappa shape index (κ2) is 7.31. The summed E-state index contributed by atoms with van der Waals surface area (Å²) >= 11 is 0. The average molecular weight is 374 g/mol. The molecule has 1 aromatic carbocycles. The van der Waals surface area contributed by atoms with Gasteiger partial charge in [-0.1, -0.05) is 24.3 Å². The number of fused-ring (bicyclic) bond motifs is 1. The van der Waals surface area contributed by atoms with Gasteiger partial charge >= 0.3 is 0 Å². The first kappa shape index (κ1) is 18.0. The van der Waals surface area contributed by atoms with Crippen LogP contribution in [0.5, 0.6) is 0 Å². The fourth-order valence-electron chi connectivity index (χ4n) is 3.21. The molecule has 0 aliphatic carbocycles. The molecule has 0 atom stereocenters. The topological polar surface area (TPSA) is 72.4 Å². The Kier molecular flexibility index (Phi) is 4.69. The van der Waals surface area contributed by atoms with E-state index in [2.05, 4.69) is 15.4 Å². The largest absolute Gasteiger partial charge is 0.441 e. The zero-order chi connectivity index (χ0) is 19.7. The molecule has 0 unspecified atom stereocenters. The predicted molar refractivity (Wildman–Crippen MR) is 107 cm³/mol. The molecule has 0 spiro atoms. The number of nitrogens with one attached hydrogen (secondary N) is 1. The van der Waals surface area contributed by atoms with Crippen molar-refractivity contribution in [1.82, 2.24) is 19.9 Å². The Labute approximate surface area is 163 Å². The standard InChI is InChI=1S/C22H22N4O2/c1-14-9-10-20-18(13-24-26(20)15(14)2)21(27)23-12-11-19-16(3)28-22(25-19)17-7-5-4-6-8-17/h4-10,13H,11-12H2,1-3H3,(H,23,27). The molecular weight excluding hydrogens is 352 g/mol. The number of aryl methyl sites for hydroxylation is 3. The molecule has 4 rings (SSSR count). The number of amides is 1. The third kappa shape index (κ3) is 3.29. The number of carbonyl (C=O) groups is 1. The van der Waals surface area contributed by atoms with Gasteiger partial charge in [-0.2, -0.15) is 5.10 Å². The molecule has 6 heteroatoms. The molecule has 3 heterocycles.